The smallest absolute Gasteiger partial charge is 0.218 e. The minimum absolute atomic E-state index is 0.317. The highest BCUT2D eigenvalue weighted by atomic mass is 16.3. The Bertz CT molecular complexity index is 158. The lowest BCUT2D eigenvalue weighted by molar-refractivity contribution is -0.118. The molecule has 0 aliphatic rings. The summed E-state index contributed by atoms with van der Waals surface area (Å²) >= 11 is 0. The fraction of sp³-hybridized carbons (Fsp3) is 0.889. The van der Waals surface area contributed by atoms with Gasteiger partial charge in [0.25, 0.3) is 0 Å². The van der Waals surface area contributed by atoms with Crippen LogP contribution in [0.1, 0.15) is 33.1 Å². The number of primary amides is 1. The fourth-order valence-corrected chi connectivity index (χ4v) is 1.20. The first-order chi connectivity index (χ1) is 5.98. The summed E-state index contributed by atoms with van der Waals surface area (Å²) in [5.74, 6) is -0.317. The topological polar surface area (TPSA) is 75.3 Å². The Balaban J connectivity index is 3.45. The Morgan fingerprint density at radius 1 is 1.62 bits per heavy atom. The van der Waals surface area contributed by atoms with Crippen LogP contribution in [0.3, 0.4) is 0 Å². The van der Waals surface area contributed by atoms with Crippen molar-refractivity contribution in [2.75, 3.05) is 13.1 Å². The molecule has 0 saturated carbocycles. The van der Waals surface area contributed by atoms with Gasteiger partial charge in [-0.1, -0.05) is 13.3 Å². The third-order valence-electron chi connectivity index (χ3n) is 1.84. The Kier molecular flexibility index (Phi) is 5.66. The number of aliphatic hydroxyl groups is 1. The Hall–Kier alpha value is -0.610. The van der Waals surface area contributed by atoms with E-state index in [1.54, 1.807) is 6.92 Å². The molecule has 0 heterocycles. The molecule has 0 fully saturated rings. The van der Waals surface area contributed by atoms with Crippen molar-refractivity contribution in [2.45, 2.75) is 38.7 Å². The summed E-state index contributed by atoms with van der Waals surface area (Å²) in [6.45, 7) is 4.86. The first-order valence-electron chi connectivity index (χ1n) is 4.69. The number of nitrogens with one attached hydrogen (secondary N) is 1. The van der Waals surface area contributed by atoms with Gasteiger partial charge in [-0.25, -0.2) is 0 Å². The van der Waals surface area contributed by atoms with Gasteiger partial charge in [0.1, 0.15) is 0 Å². The van der Waals surface area contributed by atoms with E-state index in [-0.39, 0.29) is 5.91 Å². The Morgan fingerprint density at radius 3 is 2.69 bits per heavy atom. The molecule has 0 saturated heterocycles. The van der Waals surface area contributed by atoms with E-state index < -0.39 is 5.60 Å². The van der Waals surface area contributed by atoms with Crippen molar-refractivity contribution >= 4 is 5.91 Å². The molecule has 1 amide bonds. The lowest BCUT2D eigenvalue weighted by Gasteiger charge is -2.22. The minimum atomic E-state index is -0.674. The van der Waals surface area contributed by atoms with Crippen LogP contribution in [0.4, 0.5) is 0 Å². The molecule has 0 bridgehead atoms. The normalized spacial score (nSPS) is 15.3. The van der Waals surface area contributed by atoms with E-state index >= 15 is 0 Å². The molecule has 4 nitrogen and oxygen atoms in total. The van der Waals surface area contributed by atoms with E-state index in [1.807, 2.05) is 6.92 Å². The maximum Gasteiger partial charge on any atom is 0.218 e. The lowest BCUT2D eigenvalue weighted by atomic mass is 10.0. The zero-order valence-corrected chi connectivity index (χ0v) is 8.47. The van der Waals surface area contributed by atoms with Gasteiger partial charge >= 0.3 is 0 Å². The van der Waals surface area contributed by atoms with Crippen LogP contribution in [0.5, 0.6) is 0 Å². The Morgan fingerprint density at radius 2 is 2.23 bits per heavy atom. The maximum absolute atomic E-state index is 10.4. The molecule has 0 spiro atoms. The first kappa shape index (κ1) is 12.4. The van der Waals surface area contributed by atoms with Crippen LogP contribution in [0, 0.1) is 0 Å². The third-order valence-corrected chi connectivity index (χ3v) is 1.84. The molecular weight excluding hydrogens is 168 g/mol. The standard InChI is InChI=1S/C9H20N2O2/c1-3-5-9(2,13)7-11-6-4-8(10)12/h11,13H,3-7H2,1-2H3,(H2,10,12). The van der Waals surface area contributed by atoms with Crippen LogP contribution in [0.2, 0.25) is 0 Å². The van der Waals surface area contributed by atoms with Gasteiger partial charge in [0.05, 0.1) is 5.60 Å². The van der Waals surface area contributed by atoms with E-state index in [1.165, 1.54) is 0 Å². The molecule has 4 heteroatoms. The lowest BCUT2D eigenvalue weighted by Crippen LogP contribution is -2.38. The predicted molar refractivity (Wildman–Crippen MR) is 52.2 cm³/mol. The molecule has 0 aromatic carbocycles. The van der Waals surface area contributed by atoms with Crippen molar-refractivity contribution < 1.29 is 9.90 Å². The van der Waals surface area contributed by atoms with Crippen molar-refractivity contribution in [3.8, 4) is 0 Å². The summed E-state index contributed by atoms with van der Waals surface area (Å²) in [6, 6.07) is 0. The van der Waals surface area contributed by atoms with Crippen LogP contribution < -0.4 is 11.1 Å². The fourth-order valence-electron chi connectivity index (χ4n) is 1.20. The van der Waals surface area contributed by atoms with E-state index in [2.05, 4.69) is 5.32 Å². The van der Waals surface area contributed by atoms with Crippen molar-refractivity contribution in [3.63, 3.8) is 0 Å². The summed E-state index contributed by atoms with van der Waals surface area (Å²) in [5.41, 5.74) is 4.29. The second-order valence-electron chi connectivity index (χ2n) is 3.64. The minimum Gasteiger partial charge on any atom is -0.389 e. The monoisotopic (exact) mass is 188 g/mol. The summed E-state index contributed by atoms with van der Waals surface area (Å²) < 4.78 is 0. The molecule has 0 aliphatic heterocycles. The molecular formula is C9H20N2O2. The molecule has 0 rings (SSSR count). The molecule has 0 radical (unpaired) electrons. The summed E-state index contributed by atoms with van der Waals surface area (Å²) in [6.07, 6.45) is 2.03. The van der Waals surface area contributed by atoms with Gasteiger partial charge in [0, 0.05) is 19.5 Å². The van der Waals surface area contributed by atoms with Crippen molar-refractivity contribution in [3.05, 3.63) is 0 Å². The first-order valence-corrected chi connectivity index (χ1v) is 4.69. The van der Waals surface area contributed by atoms with Crippen LogP contribution >= 0.6 is 0 Å². The van der Waals surface area contributed by atoms with Gasteiger partial charge in [-0.3, -0.25) is 4.79 Å². The van der Waals surface area contributed by atoms with Gasteiger partial charge in [-0.05, 0) is 13.3 Å². The molecule has 1 unspecified atom stereocenters. The molecule has 78 valence electrons. The van der Waals surface area contributed by atoms with E-state index in [9.17, 15) is 9.90 Å². The Labute approximate surface area is 79.5 Å². The van der Waals surface area contributed by atoms with Crippen LogP contribution in [-0.2, 0) is 4.79 Å². The molecule has 13 heavy (non-hydrogen) atoms. The average Bonchev–Trinajstić information content (AvgIpc) is 1.98. The van der Waals surface area contributed by atoms with E-state index in [0.29, 0.717) is 19.5 Å². The second kappa shape index (κ2) is 5.94. The van der Waals surface area contributed by atoms with Crippen molar-refractivity contribution in [2.24, 2.45) is 5.73 Å². The van der Waals surface area contributed by atoms with Gasteiger partial charge < -0.3 is 16.2 Å². The summed E-state index contributed by atoms with van der Waals surface area (Å²) in [4.78, 5) is 10.4. The zero-order chi connectivity index (χ0) is 10.3. The van der Waals surface area contributed by atoms with Gasteiger partial charge in [-0.2, -0.15) is 0 Å². The van der Waals surface area contributed by atoms with E-state index in [0.717, 1.165) is 12.8 Å². The molecule has 0 aliphatic carbocycles. The second-order valence-corrected chi connectivity index (χ2v) is 3.64. The highest BCUT2D eigenvalue weighted by Crippen LogP contribution is 2.09. The van der Waals surface area contributed by atoms with Crippen LogP contribution in [0.15, 0.2) is 0 Å². The van der Waals surface area contributed by atoms with Crippen molar-refractivity contribution in [1.82, 2.24) is 5.32 Å². The number of rotatable bonds is 7. The summed E-state index contributed by atoms with van der Waals surface area (Å²) in [5, 5.41) is 12.7. The number of hydrogen-bond acceptors (Lipinski definition) is 3. The van der Waals surface area contributed by atoms with Gasteiger partial charge in [0.15, 0.2) is 0 Å². The molecule has 0 aromatic rings. The van der Waals surface area contributed by atoms with Crippen LogP contribution in [-0.4, -0.2) is 29.7 Å². The van der Waals surface area contributed by atoms with Gasteiger partial charge in [-0.15, -0.1) is 0 Å². The van der Waals surface area contributed by atoms with Gasteiger partial charge in [0.2, 0.25) is 5.91 Å². The van der Waals surface area contributed by atoms with Crippen molar-refractivity contribution in [1.29, 1.82) is 0 Å². The molecule has 1 atom stereocenters. The SMILES string of the molecule is CCCC(C)(O)CNCCC(N)=O. The maximum atomic E-state index is 10.4. The number of hydrogen-bond donors (Lipinski definition) is 3. The largest absolute Gasteiger partial charge is 0.389 e. The number of nitrogens with two attached hydrogens (primary N) is 1. The zero-order valence-electron chi connectivity index (χ0n) is 8.47. The highest BCUT2D eigenvalue weighted by Gasteiger charge is 2.17. The van der Waals surface area contributed by atoms with Crippen LogP contribution in [0.25, 0.3) is 0 Å². The molecule has 4 N–H and O–H groups in total. The number of carbonyl (C=O) groups is 1. The highest BCUT2D eigenvalue weighted by molar-refractivity contribution is 5.73. The average molecular weight is 188 g/mol. The quantitative estimate of drug-likeness (QED) is 0.492. The van der Waals surface area contributed by atoms with E-state index in [4.69, 9.17) is 5.73 Å². The predicted octanol–water partition coefficient (Wildman–Crippen LogP) is 0.00250. The summed E-state index contributed by atoms with van der Waals surface area (Å²) in [7, 11) is 0. The molecule has 0 aromatic heterocycles. The number of carbonyl (C=O) groups excluding carboxylic acids is 1. The third kappa shape index (κ3) is 7.74. The number of amides is 1.